The number of nitrogens with one attached hydrogen (secondary N) is 1. The van der Waals surface area contributed by atoms with Gasteiger partial charge < -0.3 is 19.8 Å². The van der Waals surface area contributed by atoms with E-state index in [1.54, 1.807) is 7.11 Å². The monoisotopic (exact) mass is 281 g/mol. The van der Waals surface area contributed by atoms with Crippen molar-refractivity contribution in [2.45, 2.75) is 19.4 Å². The van der Waals surface area contributed by atoms with Gasteiger partial charge in [-0.15, -0.1) is 0 Å². The van der Waals surface area contributed by atoms with Crippen molar-refractivity contribution < 1.29 is 9.47 Å². The number of nitrogens with zero attached hydrogens (tertiary/aromatic N) is 3. The lowest BCUT2D eigenvalue weighted by Gasteiger charge is -2.28. The molecule has 2 rings (SSSR count). The van der Waals surface area contributed by atoms with Gasteiger partial charge in [0.05, 0.1) is 0 Å². The smallest absolute Gasteiger partial charge is 0.158 e. The molecule has 2 heterocycles. The number of anilines is 2. The first-order chi connectivity index (χ1) is 9.72. The fraction of sp³-hybridized carbons (Fsp3) is 0.692. The molecule has 1 fully saturated rings. The molecule has 0 unspecified atom stereocenters. The molecule has 1 saturated heterocycles. The highest BCUT2D eigenvalue weighted by Gasteiger charge is 2.17. The van der Waals surface area contributed by atoms with Crippen molar-refractivity contribution in [1.82, 2.24) is 9.97 Å². The third-order valence-corrected chi connectivity index (χ3v) is 3.44. The molecule has 112 valence electrons. The highest BCUT2D eigenvalue weighted by molar-refractivity contribution is 5.48. The zero-order chi connectivity index (χ0) is 14.4. The minimum atomic E-state index is 0.369. The second-order valence-electron chi connectivity index (χ2n) is 5.04. The molecule has 0 saturated carbocycles. The molecule has 0 radical (unpaired) electrons. The standard InChI is InChI=1S/C13H23N5O2/c1-18(8-10-3-5-20-6-4-10)13-7-11(17-14)15-12(16-13)9-19-2/h7,10H,3-6,8-9,14H2,1-2H3,(H,15,16,17). The van der Waals surface area contributed by atoms with Crippen LogP contribution in [0.3, 0.4) is 0 Å². The van der Waals surface area contributed by atoms with E-state index in [0.717, 1.165) is 38.4 Å². The van der Waals surface area contributed by atoms with E-state index in [2.05, 4.69) is 20.3 Å². The SMILES string of the molecule is COCc1nc(NN)cc(N(C)CC2CCOCC2)n1. The summed E-state index contributed by atoms with van der Waals surface area (Å²) in [4.78, 5) is 10.9. The van der Waals surface area contributed by atoms with Gasteiger partial charge in [0, 0.05) is 40.0 Å². The van der Waals surface area contributed by atoms with Crippen molar-refractivity contribution in [3.63, 3.8) is 0 Å². The summed E-state index contributed by atoms with van der Waals surface area (Å²) in [5.41, 5.74) is 2.57. The molecule has 1 aliphatic rings. The molecular formula is C13H23N5O2. The maximum absolute atomic E-state index is 5.45. The first-order valence-corrected chi connectivity index (χ1v) is 6.85. The van der Waals surface area contributed by atoms with Crippen molar-refractivity contribution in [1.29, 1.82) is 0 Å². The predicted octanol–water partition coefficient (Wildman–Crippen LogP) is 0.771. The average Bonchev–Trinajstić information content (AvgIpc) is 2.48. The highest BCUT2D eigenvalue weighted by Crippen LogP contribution is 2.20. The summed E-state index contributed by atoms with van der Waals surface area (Å²) < 4.78 is 10.5. The van der Waals surface area contributed by atoms with Crippen molar-refractivity contribution in [3.8, 4) is 0 Å². The molecule has 0 amide bonds. The predicted molar refractivity (Wildman–Crippen MR) is 77.4 cm³/mol. The molecule has 1 aliphatic heterocycles. The lowest BCUT2D eigenvalue weighted by Crippen LogP contribution is -2.30. The second kappa shape index (κ2) is 7.37. The molecule has 7 nitrogen and oxygen atoms in total. The van der Waals surface area contributed by atoms with Crippen molar-refractivity contribution in [3.05, 3.63) is 11.9 Å². The van der Waals surface area contributed by atoms with Gasteiger partial charge in [0.25, 0.3) is 0 Å². The molecule has 1 aromatic rings. The normalized spacial score (nSPS) is 16.1. The van der Waals surface area contributed by atoms with E-state index in [0.29, 0.717) is 24.2 Å². The first kappa shape index (κ1) is 15.0. The molecule has 0 bridgehead atoms. The van der Waals surface area contributed by atoms with Gasteiger partial charge in [-0.1, -0.05) is 0 Å². The Morgan fingerprint density at radius 2 is 2.20 bits per heavy atom. The van der Waals surface area contributed by atoms with Gasteiger partial charge >= 0.3 is 0 Å². The van der Waals surface area contributed by atoms with Crippen molar-refractivity contribution in [2.75, 3.05) is 44.2 Å². The summed E-state index contributed by atoms with van der Waals surface area (Å²) in [5.74, 6) is 8.17. The lowest BCUT2D eigenvalue weighted by atomic mass is 10.00. The Balaban J connectivity index is 2.06. The topological polar surface area (TPSA) is 85.5 Å². The largest absolute Gasteiger partial charge is 0.381 e. The summed E-state index contributed by atoms with van der Waals surface area (Å²) in [7, 11) is 3.66. The molecule has 0 atom stereocenters. The van der Waals surface area contributed by atoms with Crippen LogP contribution in [0.4, 0.5) is 11.6 Å². The van der Waals surface area contributed by atoms with Crippen LogP contribution in [-0.4, -0.2) is 43.9 Å². The van der Waals surface area contributed by atoms with Gasteiger partial charge in [0.1, 0.15) is 18.2 Å². The quantitative estimate of drug-likeness (QED) is 0.588. The second-order valence-corrected chi connectivity index (χ2v) is 5.04. The summed E-state index contributed by atoms with van der Waals surface area (Å²) >= 11 is 0. The Morgan fingerprint density at radius 1 is 1.45 bits per heavy atom. The molecule has 3 N–H and O–H groups in total. The van der Waals surface area contributed by atoms with Crippen LogP contribution in [0.1, 0.15) is 18.7 Å². The summed E-state index contributed by atoms with van der Waals surface area (Å²) in [6.45, 7) is 3.03. The van der Waals surface area contributed by atoms with Crippen LogP contribution >= 0.6 is 0 Å². The van der Waals surface area contributed by atoms with Crippen LogP contribution in [0, 0.1) is 5.92 Å². The van der Waals surface area contributed by atoms with Gasteiger partial charge in [-0.05, 0) is 18.8 Å². The number of aromatic nitrogens is 2. The van der Waals surface area contributed by atoms with Crippen LogP contribution in [0.2, 0.25) is 0 Å². The van der Waals surface area contributed by atoms with Gasteiger partial charge in [-0.2, -0.15) is 0 Å². The molecule has 1 aromatic heterocycles. The first-order valence-electron chi connectivity index (χ1n) is 6.85. The fourth-order valence-corrected chi connectivity index (χ4v) is 2.36. The van der Waals surface area contributed by atoms with Crippen molar-refractivity contribution >= 4 is 11.6 Å². The average molecular weight is 281 g/mol. The number of ether oxygens (including phenoxy) is 2. The van der Waals surface area contributed by atoms with E-state index in [1.807, 2.05) is 13.1 Å². The highest BCUT2D eigenvalue weighted by atomic mass is 16.5. The number of hydrogen-bond acceptors (Lipinski definition) is 7. The Labute approximate surface area is 119 Å². The maximum atomic E-state index is 5.45. The van der Waals surface area contributed by atoms with Gasteiger partial charge in [-0.3, -0.25) is 0 Å². The lowest BCUT2D eigenvalue weighted by molar-refractivity contribution is 0.0685. The fourth-order valence-electron chi connectivity index (χ4n) is 2.36. The third kappa shape index (κ3) is 4.03. The number of hydrazine groups is 1. The molecule has 0 spiro atoms. The van der Waals surface area contributed by atoms with E-state index in [1.165, 1.54) is 0 Å². The van der Waals surface area contributed by atoms with E-state index < -0.39 is 0 Å². The molecule has 7 heteroatoms. The van der Waals surface area contributed by atoms with E-state index in [4.69, 9.17) is 15.3 Å². The molecule has 0 aliphatic carbocycles. The number of hydrogen-bond donors (Lipinski definition) is 2. The van der Waals surface area contributed by atoms with E-state index in [9.17, 15) is 0 Å². The Hall–Kier alpha value is -1.44. The minimum Gasteiger partial charge on any atom is -0.381 e. The van der Waals surface area contributed by atoms with Crippen LogP contribution in [0.15, 0.2) is 6.07 Å². The van der Waals surface area contributed by atoms with Crippen molar-refractivity contribution in [2.24, 2.45) is 11.8 Å². The van der Waals surface area contributed by atoms with Crippen LogP contribution < -0.4 is 16.2 Å². The molecule has 0 aromatic carbocycles. The van der Waals surface area contributed by atoms with Crippen LogP contribution in [-0.2, 0) is 16.1 Å². The maximum Gasteiger partial charge on any atom is 0.158 e. The number of rotatable bonds is 6. The number of nitrogens with two attached hydrogens (primary N) is 1. The van der Waals surface area contributed by atoms with Gasteiger partial charge in [0.2, 0.25) is 0 Å². The molecule has 20 heavy (non-hydrogen) atoms. The molecular weight excluding hydrogens is 258 g/mol. The zero-order valence-corrected chi connectivity index (χ0v) is 12.1. The van der Waals surface area contributed by atoms with E-state index in [-0.39, 0.29) is 0 Å². The Bertz CT molecular complexity index is 423. The van der Waals surface area contributed by atoms with Gasteiger partial charge in [0.15, 0.2) is 5.82 Å². The summed E-state index contributed by atoms with van der Waals surface area (Å²) in [5, 5.41) is 0. The Kier molecular flexibility index (Phi) is 5.51. The Morgan fingerprint density at radius 3 is 2.85 bits per heavy atom. The van der Waals surface area contributed by atoms with Crippen LogP contribution in [0.25, 0.3) is 0 Å². The third-order valence-electron chi connectivity index (χ3n) is 3.44. The summed E-state index contributed by atoms with van der Waals surface area (Å²) in [6, 6.07) is 1.85. The minimum absolute atomic E-state index is 0.369. The summed E-state index contributed by atoms with van der Waals surface area (Å²) in [6.07, 6.45) is 2.20. The van der Waals surface area contributed by atoms with Crippen LogP contribution in [0.5, 0.6) is 0 Å². The van der Waals surface area contributed by atoms with E-state index >= 15 is 0 Å². The zero-order valence-electron chi connectivity index (χ0n) is 12.1. The number of methoxy groups -OCH3 is 1. The number of nitrogen functional groups attached to an aromatic ring is 1. The van der Waals surface area contributed by atoms with Gasteiger partial charge in [-0.25, -0.2) is 15.8 Å².